The molecule has 0 spiro atoms. The summed E-state index contributed by atoms with van der Waals surface area (Å²) in [6.07, 6.45) is 2.84. The van der Waals surface area contributed by atoms with Gasteiger partial charge in [0, 0.05) is 107 Å². The van der Waals surface area contributed by atoms with Crippen LogP contribution in [0.5, 0.6) is 0 Å². The molecule has 0 unspecified atom stereocenters. The average molecular weight is 1330 g/mol. The molecule has 18 N–H and O–H groups in total. The van der Waals surface area contributed by atoms with Crippen LogP contribution in [0, 0.1) is 20.8 Å². The van der Waals surface area contributed by atoms with E-state index in [1.807, 2.05) is 75.4 Å². The predicted octanol–water partition coefficient (Wildman–Crippen LogP) is 11.3. The maximum atomic E-state index is 14.4. The van der Waals surface area contributed by atoms with Crippen molar-refractivity contribution in [2.75, 3.05) is 35.6 Å². The van der Waals surface area contributed by atoms with Gasteiger partial charge in [0.2, 0.25) is 0 Å². The maximum Gasteiger partial charge on any atom is 0.252 e. The summed E-state index contributed by atoms with van der Waals surface area (Å²) in [6.45, 7) is 6.65. The number of aromatic amines is 3. The SMILES string of the molecule is Cc1[nH]c2cc(Cl)ccc2c1CC(=O)[C@@](N)(CCCCN)C(=O)Nc1ccc(C(c2ccc(NC(=O)[C@](N)(CCCCN)C(=O)Cc3c(C)[nH]c4cc(Cl)ccc34)cc2)c2ccc(NC(=O)[C@](N)(CCCCN)C(=O)Cc3c(C)[nH]c4cc(Cl)ccc34)cc2)cc1.Cl. The molecule has 0 aliphatic rings. The number of Topliss-reactive ketones (excluding diaryl/α,β-unsaturated/α-hetero) is 3. The van der Waals surface area contributed by atoms with Crippen LogP contribution in [0.25, 0.3) is 32.7 Å². The second-order valence-electron chi connectivity index (χ2n) is 23.9. The Bertz CT molecular complexity index is 3750. The number of fused-ring (bicyclic) bond motifs is 3. The first kappa shape index (κ1) is 70.2. The molecule has 0 radical (unpaired) electrons. The van der Waals surface area contributed by atoms with Crippen LogP contribution in [0.3, 0.4) is 0 Å². The number of aryl methyl sites for hydroxylation is 3. The Morgan fingerprint density at radius 2 is 0.652 bits per heavy atom. The number of amides is 3. The molecular weight excluding hydrogens is 1250 g/mol. The van der Waals surface area contributed by atoms with Crippen molar-refractivity contribution in [1.82, 2.24) is 15.0 Å². The first-order valence-corrected chi connectivity index (χ1v) is 31.7. The summed E-state index contributed by atoms with van der Waals surface area (Å²) in [5.74, 6) is -3.89. The van der Waals surface area contributed by atoms with Gasteiger partial charge in [-0.2, -0.15) is 0 Å². The zero-order valence-corrected chi connectivity index (χ0v) is 54.8. The van der Waals surface area contributed by atoms with Crippen LogP contribution >= 0.6 is 47.2 Å². The van der Waals surface area contributed by atoms with Gasteiger partial charge in [0.15, 0.2) is 34.0 Å². The van der Waals surface area contributed by atoms with E-state index in [0.717, 1.165) is 83.2 Å². The number of halogens is 4. The molecule has 0 aliphatic heterocycles. The highest BCUT2D eigenvalue weighted by molar-refractivity contribution is 6.32. The lowest BCUT2D eigenvalue weighted by Crippen LogP contribution is -2.58. The fourth-order valence-corrected chi connectivity index (χ4v) is 12.6. The number of anilines is 3. The van der Waals surface area contributed by atoms with Crippen LogP contribution in [0.1, 0.15) is 114 Å². The zero-order chi connectivity index (χ0) is 65.4. The lowest BCUT2D eigenvalue weighted by molar-refractivity contribution is -0.134. The Labute approximate surface area is 555 Å². The Morgan fingerprint density at radius 3 is 0.891 bits per heavy atom. The van der Waals surface area contributed by atoms with Crippen molar-refractivity contribution < 1.29 is 28.8 Å². The van der Waals surface area contributed by atoms with E-state index in [4.69, 9.17) is 69.2 Å². The molecular formula is C70H80Cl4N12O6. The normalized spacial score (nSPS) is 13.5. The maximum absolute atomic E-state index is 14.4. The topological polar surface area (TPSA) is 342 Å². The molecule has 3 amide bonds. The molecule has 0 aliphatic carbocycles. The number of unbranched alkanes of at least 4 members (excludes halogenated alkanes) is 3. The fraction of sp³-hybridized carbons (Fsp3) is 0.314. The summed E-state index contributed by atoms with van der Waals surface area (Å²) in [5, 5.41) is 12.8. The molecule has 9 aromatic rings. The first-order valence-electron chi connectivity index (χ1n) is 30.6. The molecule has 3 aromatic heterocycles. The fourth-order valence-electron chi connectivity index (χ4n) is 12.1. The smallest absolute Gasteiger partial charge is 0.252 e. The lowest BCUT2D eigenvalue weighted by atomic mass is 9.83. The number of nitrogens with one attached hydrogen (secondary N) is 6. The summed E-state index contributed by atoms with van der Waals surface area (Å²) in [7, 11) is 0. The van der Waals surface area contributed by atoms with Gasteiger partial charge in [0.1, 0.15) is 0 Å². The van der Waals surface area contributed by atoms with Gasteiger partial charge in [-0.25, -0.2) is 0 Å². The summed E-state index contributed by atoms with van der Waals surface area (Å²) < 4.78 is 0. The molecule has 18 nitrogen and oxygen atoms in total. The molecule has 3 atom stereocenters. The van der Waals surface area contributed by atoms with Gasteiger partial charge in [-0.15, -0.1) is 12.4 Å². The summed E-state index contributed by atoms with van der Waals surface area (Å²) in [6, 6.07) is 37.6. The van der Waals surface area contributed by atoms with Crippen LogP contribution < -0.4 is 50.4 Å². The molecule has 3 heterocycles. The molecule has 92 heavy (non-hydrogen) atoms. The van der Waals surface area contributed by atoms with E-state index in [-0.39, 0.29) is 50.9 Å². The molecule has 484 valence electrons. The quantitative estimate of drug-likeness (QED) is 0.0114. The molecule has 22 heteroatoms. The van der Waals surface area contributed by atoms with E-state index in [1.165, 1.54) is 0 Å². The summed E-state index contributed by atoms with van der Waals surface area (Å²) in [4.78, 5) is 96.3. The van der Waals surface area contributed by atoms with Gasteiger partial charge in [0.25, 0.3) is 17.7 Å². The van der Waals surface area contributed by atoms with Crippen molar-refractivity contribution in [3.8, 4) is 0 Å². The molecule has 9 rings (SSSR count). The van der Waals surface area contributed by atoms with Crippen molar-refractivity contribution >= 4 is 132 Å². The predicted molar refractivity (Wildman–Crippen MR) is 373 cm³/mol. The van der Waals surface area contributed by atoms with E-state index in [9.17, 15) is 28.8 Å². The largest absolute Gasteiger partial charge is 0.358 e. The van der Waals surface area contributed by atoms with Gasteiger partial charge >= 0.3 is 0 Å². The van der Waals surface area contributed by atoms with Gasteiger partial charge in [0.05, 0.1) is 0 Å². The molecule has 0 fully saturated rings. The van der Waals surface area contributed by atoms with Crippen LogP contribution in [0.4, 0.5) is 17.1 Å². The number of carbonyl (C=O) groups excluding carboxylic acids is 6. The second-order valence-corrected chi connectivity index (χ2v) is 25.2. The van der Waals surface area contributed by atoms with E-state index in [0.29, 0.717) is 90.3 Å². The Balaban J connectivity index is 0.0000109. The molecule has 0 saturated heterocycles. The van der Waals surface area contributed by atoms with E-state index in [2.05, 4.69) is 30.9 Å². The minimum atomic E-state index is -1.91. The van der Waals surface area contributed by atoms with Crippen molar-refractivity contribution in [2.24, 2.45) is 34.4 Å². The van der Waals surface area contributed by atoms with Gasteiger partial charge in [-0.1, -0.05) is 89.4 Å². The highest BCUT2D eigenvalue weighted by Gasteiger charge is 2.44. The number of H-pyrrole nitrogens is 3. The number of aromatic nitrogens is 3. The van der Waals surface area contributed by atoms with Crippen LogP contribution in [-0.2, 0) is 48.0 Å². The summed E-state index contributed by atoms with van der Waals surface area (Å²) in [5.41, 5.74) is 42.8. The minimum Gasteiger partial charge on any atom is -0.358 e. The van der Waals surface area contributed by atoms with Crippen LogP contribution in [-0.4, -0.2) is 86.3 Å². The number of hydrogen-bond donors (Lipinski definition) is 12. The molecule has 6 aromatic carbocycles. The third-order valence-corrected chi connectivity index (χ3v) is 18.3. The second kappa shape index (κ2) is 30.4. The van der Waals surface area contributed by atoms with Crippen molar-refractivity contribution in [3.05, 3.63) is 193 Å². The highest BCUT2D eigenvalue weighted by atomic mass is 35.5. The summed E-state index contributed by atoms with van der Waals surface area (Å²) >= 11 is 18.9. The van der Waals surface area contributed by atoms with E-state index >= 15 is 0 Å². The van der Waals surface area contributed by atoms with Gasteiger partial charge in [-0.3, -0.25) is 28.8 Å². The number of carbonyl (C=O) groups is 6. The zero-order valence-electron chi connectivity index (χ0n) is 51.8. The van der Waals surface area contributed by atoms with Crippen molar-refractivity contribution in [2.45, 2.75) is 120 Å². The monoisotopic (exact) mass is 1320 g/mol. The minimum absolute atomic E-state index is 0. The van der Waals surface area contributed by atoms with E-state index in [1.54, 1.807) is 72.8 Å². The third kappa shape index (κ3) is 15.5. The number of rotatable bonds is 30. The van der Waals surface area contributed by atoms with Crippen molar-refractivity contribution in [1.29, 1.82) is 0 Å². The number of benzene rings is 6. The molecule has 0 saturated carbocycles. The van der Waals surface area contributed by atoms with Crippen LogP contribution in [0.2, 0.25) is 15.1 Å². The lowest BCUT2D eigenvalue weighted by Gasteiger charge is -2.28. The number of nitrogens with two attached hydrogens (primary N) is 6. The van der Waals surface area contributed by atoms with Crippen molar-refractivity contribution in [3.63, 3.8) is 0 Å². The van der Waals surface area contributed by atoms with Crippen LogP contribution in [0.15, 0.2) is 127 Å². The van der Waals surface area contributed by atoms with Gasteiger partial charge < -0.3 is 65.3 Å². The third-order valence-electron chi connectivity index (χ3n) is 17.5. The Morgan fingerprint density at radius 1 is 0.402 bits per heavy atom. The van der Waals surface area contributed by atoms with E-state index < -0.39 is 57.6 Å². The standard InChI is InChI=1S/C70H79Cl3N12O6.ClH/c1-40-55(52-25-16-46(71)34-58(52)80-40)37-61(86)68(77,28-4-7-31-74)65(89)83-49-19-10-43(11-20-49)64(44-12-21-50(22-13-44)84-66(90)69(78,29-5-8-32-75)62(87)38-56-41(2)81-59-35-47(72)17-26-53(56)59)45-14-23-51(24-15-45)85-67(91)70(79,30-6-9-33-76)63(88)39-57-42(3)82-60-36-48(73)18-27-54(57)60;/h10-27,34-36,64,80-82H,4-9,28-33,37-39,74-79H2,1-3H3,(H,83,89)(H,84,90)(H,85,91);1H/t68-,69-,70-;/m0./s1. The number of ketones is 3. The Hall–Kier alpha value is -7.72. The first-order chi connectivity index (χ1) is 43.5. The van der Waals surface area contributed by atoms with Gasteiger partial charge in [-0.05, 0) is 204 Å². The number of hydrogen-bond acceptors (Lipinski definition) is 12. The molecule has 0 bridgehead atoms. The highest BCUT2D eigenvalue weighted by Crippen LogP contribution is 2.37. The Kier molecular flexibility index (Phi) is 23.1. The average Bonchev–Trinajstić information content (AvgIpc) is 1.48.